The summed E-state index contributed by atoms with van der Waals surface area (Å²) in [6, 6.07) is 3.56. The van der Waals surface area contributed by atoms with Gasteiger partial charge in [-0.2, -0.15) is 0 Å². The van der Waals surface area contributed by atoms with Crippen molar-refractivity contribution in [1.29, 1.82) is 0 Å². The predicted octanol–water partition coefficient (Wildman–Crippen LogP) is 2.83. The minimum absolute atomic E-state index is 0.0650. The number of pyridine rings is 1. The fourth-order valence-electron chi connectivity index (χ4n) is 2.53. The number of amides is 1. The molecule has 2 N–H and O–H groups in total. The summed E-state index contributed by atoms with van der Waals surface area (Å²) in [6.07, 6.45) is 1.05. The van der Waals surface area contributed by atoms with E-state index in [4.69, 9.17) is 5.73 Å². The Morgan fingerprint density at radius 1 is 1.35 bits per heavy atom. The lowest BCUT2D eigenvalue weighted by Gasteiger charge is -2.22. The van der Waals surface area contributed by atoms with Gasteiger partial charge in [0.25, 0.3) is 5.91 Å². The largest absolute Gasteiger partial charge is 0.384 e. The summed E-state index contributed by atoms with van der Waals surface area (Å²) in [6.45, 7) is 12.2. The van der Waals surface area contributed by atoms with Gasteiger partial charge in [-0.05, 0) is 24.0 Å². The number of hydrogen-bond donors (Lipinski definition) is 1. The van der Waals surface area contributed by atoms with E-state index in [2.05, 4.69) is 39.6 Å². The van der Waals surface area contributed by atoms with Crippen molar-refractivity contribution < 1.29 is 4.79 Å². The molecule has 1 aliphatic heterocycles. The van der Waals surface area contributed by atoms with Gasteiger partial charge < -0.3 is 10.6 Å². The van der Waals surface area contributed by atoms with Crippen LogP contribution in [0.3, 0.4) is 0 Å². The minimum Gasteiger partial charge on any atom is -0.384 e. The Morgan fingerprint density at radius 3 is 2.50 bits per heavy atom. The van der Waals surface area contributed by atoms with Crippen molar-refractivity contribution in [3.05, 3.63) is 23.4 Å². The number of aromatic nitrogens is 1. The van der Waals surface area contributed by atoms with Crippen LogP contribution < -0.4 is 5.73 Å². The molecule has 1 aromatic rings. The maximum atomic E-state index is 12.6. The average Bonchev–Trinajstić information content (AvgIpc) is 2.67. The van der Waals surface area contributed by atoms with E-state index in [1.54, 1.807) is 6.07 Å². The quantitative estimate of drug-likeness (QED) is 0.857. The van der Waals surface area contributed by atoms with E-state index in [1.807, 2.05) is 11.0 Å². The zero-order valence-corrected chi connectivity index (χ0v) is 13.2. The number of nitrogens with two attached hydrogens (primary N) is 1. The Balaban J connectivity index is 2.29. The molecule has 0 radical (unpaired) electrons. The van der Waals surface area contributed by atoms with Crippen molar-refractivity contribution in [2.75, 3.05) is 18.8 Å². The summed E-state index contributed by atoms with van der Waals surface area (Å²) in [7, 11) is 0. The maximum Gasteiger partial charge on any atom is 0.254 e. The topological polar surface area (TPSA) is 59.2 Å². The molecule has 0 bridgehead atoms. The molecule has 2 rings (SSSR count). The number of carbonyl (C=O) groups excluding carboxylic acids is 1. The Hall–Kier alpha value is -1.58. The van der Waals surface area contributed by atoms with E-state index in [0.29, 0.717) is 11.4 Å². The van der Waals surface area contributed by atoms with E-state index >= 15 is 0 Å². The highest BCUT2D eigenvalue weighted by atomic mass is 16.2. The van der Waals surface area contributed by atoms with Crippen molar-refractivity contribution in [2.24, 2.45) is 5.41 Å². The second-order valence-electron chi connectivity index (χ2n) is 7.56. The Labute approximate surface area is 121 Å². The van der Waals surface area contributed by atoms with Crippen LogP contribution in [0.5, 0.6) is 0 Å². The van der Waals surface area contributed by atoms with Crippen LogP contribution in [-0.4, -0.2) is 28.9 Å². The Bertz CT molecular complexity index is 529. The number of anilines is 1. The first-order chi connectivity index (χ1) is 9.08. The zero-order valence-electron chi connectivity index (χ0n) is 13.2. The number of carbonyl (C=O) groups is 1. The van der Waals surface area contributed by atoms with E-state index in [-0.39, 0.29) is 16.7 Å². The lowest BCUT2D eigenvalue weighted by Crippen LogP contribution is -2.30. The first-order valence-corrected chi connectivity index (χ1v) is 7.16. The number of likely N-dealkylation sites (tertiary alicyclic amines) is 1. The fraction of sp³-hybridized carbons (Fsp3) is 0.625. The van der Waals surface area contributed by atoms with Gasteiger partial charge in [0.1, 0.15) is 5.82 Å². The second kappa shape index (κ2) is 4.76. The second-order valence-corrected chi connectivity index (χ2v) is 7.56. The normalized spacial score (nSPS) is 18.4. The van der Waals surface area contributed by atoms with Gasteiger partial charge in [0.15, 0.2) is 0 Å². The summed E-state index contributed by atoms with van der Waals surface area (Å²) in [5, 5.41) is 0. The molecule has 1 fully saturated rings. The lowest BCUT2D eigenvalue weighted by atomic mass is 9.90. The third-order valence-corrected chi connectivity index (χ3v) is 3.83. The molecule has 0 saturated carbocycles. The van der Waals surface area contributed by atoms with Gasteiger partial charge >= 0.3 is 0 Å². The first kappa shape index (κ1) is 14.8. The van der Waals surface area contributed by atoms with Gasteiger partial charge in [-0.25, -0.2) is 4.98 Å². The van der Waals surface area contributed by atoms with Gasteiger partial charge in [0.2, 0.25) is 0 Å². The minimum atomic E-state index is -0.116. The fourth-order valence-corrected chi connectivity index (χ4v) is 2.53. The van der Waals surface area contributed by atoms with Crippen LogP contribution in [-0.2, 0) is 5.41 Å². The summed E-state index contributed by atoms with van der Waals surface area (Å²) >= 11 is 0. The molecule has 0 atom stereocenters. The maximum absolute atomic E-state index is 12.6. The number of nitrogen functional groups attached to an aromatic ring is 1. The Kier molecular flexibility index (Phi) is 3.53. The van der Waals surface area contributed by atoms with Gasteiger partial charge in [0.05, 0.1) is 0 Å². The molecule has 1 aliphatic rings. The molecule has 1 saturated heterocycles. The van der Waals surface area contributed by atoms with Crippen LogP contribution in [0.15, 0.2) is 12.1 Å². The van der Waals surface area contributed by atoms with E-state index in [0.717, 1.165) is 25.2 Å². The molecule has 4 heteroatoms. The summed E-state index contributed by atoms with van der Waals surface area (Å²) in [5.41, 5.74) is 7.47. The van der Waals surface area contributed by atoms with Gasteiger partial charge in [0, 0.05) is 29.8 Å². The van der Waals surface area contributed by atoms with E-state index < -0.39 is 0 Å². The van der Waals surface area contributed by atoms with Gasteiger partial charge in [-0.15, -0.1) is 0 Å². The highest BCUT2D eigenvalue weighted by Crippen LogP contribution is 2.30. The van der Waals surface area contributed by atoms with Crippen LogP contribution >= 0.6 is 0 Å². The van der Waals surface area contributed by atoms with E-state index in [1.165, 1.54) is 0 Å². The third-order valence-electron chi connectivity index (χ3n) is 3.83. The molecular weight excluding hydrogens is 250 g/mol. The zero-order chi connectivity index (χ0) is 15.1. The highest BCUT2D eigenvalue weighted by molar-refractivity contribution is 5.95. The first-order valence-electron chi connectivity index (χ1n) is 7.16. The van der Waals surface area contributed by atoms with Crippen LogP contribution in [0.2, 0.25) is 0 Å². The molecule has 0 spiro atoms. The van der Waals surface area contributed by atoms with E-state index in [9.17, 15) is 4.79 Å². The SMILES string of the molecule is CC1(C)CCN(C(=O)c2cc(N)nc(C(C)(C)C)c2)C1. The van der Waals surface area contributed by atoms with Gasteiger partial charge in [-0.3, -0.25) is 4.79 Å². The molecule has 110 valence electrons. The third kappa shape index (κ3) is 3.11. The Morgan fingerprint density at radius 2 is 2.00 bits per heavy atom. The molecular formula is C16H25N3O. The predicted molar refractivity (Wildman–Crippen MR) is 81.7 cm³/mol. The summed E-state index contributed by atoms with van der Waals surface area (Å²) < 4.78 is 0. The number of rotatable bonds is 1. The summed E-state index contributed by atoms with van der Waals surface area (Å²) in [4.78, 5) is 18.9. The molecule has 0 aliphatic carbocycles. The van der Waals surface area contributed by atoms with Crippen molar-refractivity contribution in [1.82, 2.24) is 9.88 Å². The highest BCUT2D eigenvalue weighted by Gasteiger charge is 2.33. The monoisotopic (exact) mass is 275 g/mol. The number of nitrogens with zero attached hydrogens (tertiary/aromatic N) is 2. The molecule has 1 amide bonds. The van der Waals surface area contributed by atoms with Crippen LogP contribution in [0, 0.1) is 5.41 Å². The van der Waals surface area contributed by atoms with Gasteiger partial charge in [-0.1, -0.05) is 34.6 Å². The summed E-state index contributed by atoms with van der Waals surface area (Å²) in [5.74, 6) is 0.481. The van der Waals surface area contributed by atoms with Crippen molar-refractivity contribution in [2.45, 2.75) is 46.5 Å². The smallest absolute Gasteiger partial charge is 0.254 e. The molecule has 0 aromatic carbocycles. The van der Waals surface area contributed by atoms with Crippen LogP contribution in [0.4, 0.5) is 5.82 Å². The van der Waals surface area contributed by atoms with Crippen molar-refractivity contribution >= 4 is 11.7 Å². The number of hydrogen-bond acceptors (Lipinski definition) is 3. The van der Waals surface area contributed by atoms with Crippen LogP contribution in [0.1, 0.15) is 57.1 Å². The van der Waals surface area contributed by atoms with Crippen molar-refractivity contribution in [3.63, 3.8) is 0 Å². The molecule has 0 unspecified atom stereocenters. The molecule has 20 heavy (non-hydrogen) atoms. The standard InChI is InChI=1S/C16H25N3O/c1-15(2,3)12-8-11(9-13(17)18-12)14(20)19-7-6-16(4,5)10-19/h8-9H,6-7,10H2,1-5H3,(H2,17,18). The average molecular weight is 275 g/mol. The molecule has 4 nitrogen and oxygen atoms in total. The van der Waals surface area contributed by atoms with Crippen molar-refractivity contribution in [3.8, 4) is 0 Å². The molecule has 1 aromatic heterocycles. The lowest BCUT2D eigenvalue weighted by molar-refractivity contribution is 0.0778. The molecule has 2 heterocycles. The van der Waals surface area contributed by atoms with Crippen LogP contribution in [0.25, 0.3) is 0 Å².